The number of nitrogens with zero attached hydrogens (tertiary/aromatic N) is 1. The van der Waals surface area contributed by atoms with Crippen LogP contribution in [0.2, 0.25) is 21.6 Å². The SMILES string of the molecule is C=C[C@@H]1O[C@@H]2C3=C(C)[C@@H](OC(=O)[C@H](O[Si](C(C)C)(C(C)C)C(C)C)[C@@H](NC)c4ccc(Cl)cn4)C[C@@](O)([C@@H](C)[C@H]4[C@@](C)(CC[C@H]5OC[C@]54OC(C)=O)[C@@H]2O1)C3(C)C. The minimum absolute atomic E-state index is 0.108. The molecule has 6 rings (SSSR count). The summed E-state index contributed by atoms with van der Waals surface area (Å²) in [4.78, 5) is 32.7. The van der Waals surface area contributed by atoms with Crippen LogP contribution < -0.4 is 5.32 Å². The first-order chi connectivity index (χ1) is 26.6. The number of hydrogen-bond donors (Lipinski definition) is 2. The zero-order chi connectivity index (χ0) is 42.2. The van der Waals surface area contributed by atoms with Crippen molar-refractivity contribution in [2.45, 2.75) is 173 Å². The number of rotatable bonds is 12. The molecule has 0 amide bonds. The third-order valence-electron chi connectivity index (χ3n) is 15.2. The van der Waals surface area contributed by atoms with E-state index in [0.29, 0.717) is 23.6 Å². The van der Waals surface area contributed by atoms with Crippen molar-refractivity contribution in [3.05, 3.63) is 52.8 Å². The number of pyridine rings is 1. The number of likely N-dealkylation sites (N-methyl/N-ethyl adjacent to an activating group) is 1. The topological polar surface area (TPSA) is 135 Å². The fourth-order valence-electron chi connectivity index (χ4n) is 12.6. The molecular weight excluding hydrogens is 764 g/mol. The second-order valence-electron chi connectivity index (χ2n) is 19.2. The Balaban J connectivity index is 1.50. The highest BCUT2D eigenvalue weighted by atomic mass is 35.5. The van der Waals surface area contributed by atoms with Gasteiger partial charge in [-0.05, 0) is 78.7 Å². The summed E-state index contributed by atoms with van der Waals surface area (Å²) in [6, 6.07) is 2.90. The van der Waals surface area contributed by atoms with E-state index in [9.17, 15) is 9.90 Å². The molecule has 11 nitrogen and oxygen atoms in total. The van der Waals surface area contributed by atoms with E-state index in [1.165, 1.54) is 6.92 Å². The standard InChI is InChI=1S/C44H67ClN2O9Si/c1-15-33-53-36-34-26(8)31(52-40(49)37(35(46-14)30-17-16-29(45)21-47-30)56-57(23(2)3,24(4)5)25(6)7)20-44(50,41(34,11)12)27(9)38-42(13,39(36)54-33)19-18-32-43(38,22-51-32)55-28(10)48/h15-17,21,23-25,27,31-33,35-39,46,50H,1,18-20,22H2,2-14H3/t27-,31-,32+,33+,35-,36+,37+,38-,39+,42+,43-,44+/m0/s1. The van der Waals surface area contributed by atoms with Gasteiger partial charge in [-0.2, -0.15) is 0 Å². The van der Waals surface area contributed by atoms with E-state index >= 15 is 4.79 Å². The van der Waals surface area contributed by atoms with E-state index in [2.05, 4.69) is 72.3 Å². The van der Waals surface area contributed by atoms with E-state index in [1.54, 1.807) is 31.5 Å². The Morgan fingerprint density at radius 2 is 1.75 bits per heavy atom. The van der Waals surface area contributed by atoms with Crippen molar-refractivity contribution < 1.29 is 42.8 Å². The lowest BCUT2D eigenvalue weighted by Gasteiger charge is -2.68. The second-order valence-corrected chi connectivity index (χ2v) is 25.0. The molecule has 318 valence electrons. The van der Waals surface area contributed by atoms with Crippen LogP contribution >= 0.6 is 11.6 Å². The van der Waals surface area contributed by atoms with E-state index in [0.717, 1.165) is 11.1 Å². The molecule has 57 heavy (non-hydrogen) atoms. The zero-order valence-electron chi connectivity index (χ0n) is 36.3. The Kier molecular flexibility index (Phi) is 12.2. The highest BCUT2D eigenvalue weighted by molar-refractivity contribution is 6.77. The van der Waals surface area contributed by atoms with Crippen LogP contribution in [0.1, 0.15) is 114 Å². The first kappa shape index (κ1) is 44.4. The van der Waals surface area contributed by atoms with Gasteiger partial charge >= 0.3 is 11.9 Å². The van der Waals surface area contributed by atoms with Crippen molar-refractivity contribution >= 4 is 31.9 Å². The van der Waals surface area contributed by atoms with Crippen molar-refractivity contribution in [2.75, 3.05) is 13.7 Å². The lowest BCUT2D eigenvalue weighted by Crippen LogP contribution is -2.77. The number of aliphatic hydroxyl groups is 1. The Morgan fingerprint density at radius 1 is 1.11 bits per heavy atom. The van der Waals surface area contributed by atoms with Gasteiger partial charge in [0, 0.05) is 36.3 Å². The van der Waals surface area contributed by atoms with Crippen LogP contribution in [0.4, 0.5) is 0 Å². The van der Waals surface area contributed by atoms with E-state index in [4.69, 9.17) is 39.7 Å². The normalized spacial score (nSPS) is 37.0. The molecule has 0 radical (unpaired) electrons. The van der Waals surface area contributed by atoms with Crippen molar-refractivity contribution in [1.29, 1.82) is 0 Å². The Hall–Kier alpha value is -2.16. The van der Waals surface area contributed by atoms with Crippen molar-refractivity contribution in [1.82, 2.24) is 10.3 Å². The van der Waals surface area contributed by atoms with Crippen molar-refractivity contribution in [3.63, 3.8) is 0 Å². The van der Waals surface area contributed by atoms with Crippen molar-refractivity contribution in [2.24, 2.45) is 22.7 Å². The molecule has 1 aromatic rings. The van der Waals surface area contributed by atoms with Gasteiger partial charge in [0.1, 0.15) is 18.3 Å². The number of ether oxygens (including phenoxy) is 5. The second kappa shape index (κ2) is 15.7. The van der Waals surface area contributed by atoms with Gasteiger partial charge in [-0.25, -0.2) is 4.79 Å². The summed E-state index contributed by atoms with van der Waals surface area (Å²) in [6.45, 7) is 29.1. The molecule has 2 saturated carbocycles. The molecular formula is C44H67ClN2O9Si. The average molecular weight is 832 g/mol. The summed E-state index contributed by atoms with van der Waals surface area (Å²) in [5, 5.41) is 17.4. The number of fused-ring (bicyclic) bond motifs is 8. The van der Waals surface area contributed by atoms with Gasteiger partial charge in [-0.3, -0.25) is 9.78 Å². The first-order valence-corrected chi connectivity index (χ1v) is 23.4. The van der Waals surface area contributed by atoms with Crippen LogP contribution in [0.5, 0.6) is 0 Å². The monoisotopic (exact) mass is 830 g/mol. The van der Waals surface area contributed by atoms with Gasteiger partial charge in [-0.15, -0.1) is 0 Å². The third kappa shape index (κ3) is 6.80. The fraction of sp³-hybridized carbons (Fsp3) is 0.750. The maximum atomic E-state index is 15.2. The van der Waals surface area contributed by atoms with Crippen LogP contribution in [0.15, 0.2) is 42.1 Å². The number of nitrogens with one attached hydrogen (secondary N) is 1. The van der Waals surface area contributed by atoms with Gasteiger partial charge in [-0.1, -0.05) is 87.4 Å². The maximum Gasteiger partial charge on any atom is 0.336 e. The van der Waals surface area contributed by atoms with Crippen LogP contribution in [0.3, 0.4) is 0 Å². The fourth-order valence-corrected chi connectivity index (χ4v) is 18.2. The summed E-state index contributed by atoms with van der Waals surface area (Å²) in [5.41, 5.74) is -1.13. The summed E-state index contributed by atoms with van der Waals surface area (Å²) in [6.07, 6.45) is 0.673. The highest BCUT2D eigenvalue weighted by Crippen LogP contribution is 2.67. The number of carbonyl (C=O) groups is 2. The van der Waals surface area contributed by atoms with Crippen LogP contribution in [0.25, 0.3) is 0 Å². The smallest absolute Gasteiger partial charge is 0.336 e. The molecule has 4 fully saturated rings. The number of carbonyl (C=O) groups excluding carboxylic acids is 2. The summed E-state index contributed by atoms with van der Waals surface area (Å²) < 4.78 is 40.1. The average Bonchev–Trinajstić information content (AvgIpc) is 3.55. The lowest BCUT2D eigenvalue weighted by molar-refractivity contribution is -0.337. The summed E-state index contributed by atoms with van der Waals surface area (Å²) in [5.74, 6) is -1.81. The van der Waals surface area contributed by atoms with Crippen LogP contribution in [-0.2, 0) is 37.7 Å². The molecule has 3 heterocycles. The van der Waals surface area contributed by atoms with Crippen LogP contribution in [-0.4, -0.2) is 92.0 Å². The predicted molar refractivity (Wildman–Crippen MR) is 221 cm³/mol. The molecule has 5 aliphatic rings. The number of hydrogen-bond acceptors (Lipinski definition) is 11. The van der Waals surface area contributed by atoms with E-state index in [-0.39, 0.29) is 35.8 Å². The molecule has 2 aliphatic heterocycles. The van der Waals surface area contributed by atoms with Gasteiger partial charge in [0.15, 0.2) is 18.0 Å². The third-order valence-corrected chi connectivity index (χ3v) is 21.5. The molecule has 13 heteroatoms. The molecule has 12 atom stereocenters. The van der Waals surface area contributed by atoms with Crippen molar-refractivity contribution in [3.8, 4) is 0 Å². The Labute approximate surface area is 346 Å². The Morgan fingerprint density at radius 3 is 2.26 bits per heavy atom. The number of halogens is 1. The minimum Gasteiger partial charge on any atom is -0.456 e. The van der Waals surface area contributed by atoms with Gasteiger partial charge < -0.3 is 38.5 Å². The quantitative estimate of drug-likeness (QED) is 0.121. The lowest BCUT2D eigenvalue weighted by atomic mass is 9.43. The zero-order valence-corrected chi connectivity index (χ0v) is 38.1. The van der Waals surface area contributed by atoms with Gasteiger partial charge in [0.25, 0.3) is 0 Å². The molecule has 0 spiro atoms. The van der Waals surface area contributed by atoms with Gasteiger partial charge in [0.05, 0.1) is 35.1 Å². The molecule has 2 N–H and O–H groups in total. The Bertz CT molecular complexity index is 1710. The molecule has 1 aromatic heterocycles. The molecule has 0 unspecified atom stereocenters. The van der Waals surface area contributed by atoms with Crippen LogP contribution in [0, 0.1) is 22.7 Å². The molecule has 3 aliphatic carbocycles. The predicted octanol–water partition coefficient (Wildman–Crippen LogP) is 8.01. The van der Waals surface area contributed by atoms with E-state index < -0.39 is 90.9 Å². The molecule has 0 aromatic carbocycles. The minimum atomic E-state index is -2.69. The van der Waals surface area contributed by atoms with Gasteiger partial charge in [0.2, 0.25) is 8.32 Å². The maximum absolute atomic E-state index is 15.2. The molecule has 2 bridgehead atoms. The largest absolute Gasteiger partial charge is 0.456 e. The number of esters is 2. The summed E-state index contributed by atoms with van der Waals surface area (Å²) >= 11 is 6.28. The van der Waals surface area contributed by atoms with E-state index in [1.807, 2.05) is 20.8 Å². The summed E-state index contributed by atoms with van der Waals surface area (Å²) in [7, 11) is -0.898. The highest BCUT2D eigenvalue weighted by Gasteiger charge is 2.75. The molecule has 2 saturated heterocycles. The first-order valence-electron chi connectivity index (χ1n) is 20.9. The number of aromatic nitrogens is 1.